The van der Waals surface area contributed by atoms with Gasteiger partial charge in [0.15, 0.2) is 11.6 Å². The Morgan fingerprint density at radius 3 is 2.44 bits per heavy atom. The first kappa shape index (κ1) is 13.5. The van der Waals surface area contributed by atoms with Gasteiger partial charge in [-0.1, -0.05) is 27.7 Å². The minimum atomic E-state index is -0.839. The van der Waals surface area contributed by atoms with Gasteiger partial charge in [0.2, 0.25) is 0 Å². The van der Waals surface area contributed by atoms with E-state index in [0.717, 1.165) is 21.0 Å². The Balaban J connectivity index is 2.27. The molecule has 0 heterocycles. The maximum atomic E-state index is 13.1. The topological polar surface area (TPSA) is 26.0 Å². The SMILES string of the molecule is NCc1cc(Br)cc(Sc2ccc(F)c(F)c2)c1. The van der Waals surface area contributed by atoms with Crippen molar-refractivity contribution in [1.29, 1.82) is 0 Å². The van der Waals surface area contributed by atoms with E-state index < -0.39 is 11.6 Å². The van der Waals surface area contributed by atoms with Gasteiger partial charge >= 0.3 is 0 Å². The average molecular weight is 330 g/mol. The predicted molar refractivity (Wildman–Crippen MR) is 72.5 cm³/mol. The minimum absolute atomic E-state index is 0.435. The van der Waals surface area contributed by atoms with Gasteiger partial charge in [0.1, 0.15) is 0 Å². The molecule has 0 radical (unpaired) electrons. The van der Waals surface area contributed by atoms with Gasteiger partial charge < -0.3 is 5.73 Å². The van der Waals surface area contributed by atoms with Crippen LogP contribution in [0.4, 0.5) is 8.78 Å². The highest BCUT2D eigenvalue weighted by molar-refractivity contribution is 9.10. The standard InChI is InChI=1S/C13H10BrF2NS/c14-9-3-8(7-17)4-11(5-9)18-10-1-2-12(15)13(16)6-10/h1-6H,7,17H2. The monoisotopic (exact) mass is 329 g/mol. The zero-order valence-electron chi connectivity index (χ0n) is 9.29. The normalized spacial score (nSPS) is 10.7. The second-order valence-electron chi connectivity index (χ2n) is 3.68. The molecule has 94 valence electrons. The highest BCUT2D eigenvalue weighted by Gasteiger charge is 2.05. The summed E-state index contributed by atoms with van der Waals surface area (Å²) in [6, 6.07) is 9.62. The van der Waals surface area contributed by atoms with Crippen LogP contribution in [0, 0.1) is 11.6 Å². The van der Waals surface area contributed by atoms with Crippen molar-refractivity contribution in [2.75, 3.05) is 0 Å². The fourth-order valence-electron chi connectivity index (χ4n) is 1.47. The van der Waals surface area contributed by atoms with Gasteiger partial charge in [0.25, 0.3) is 0 Å². The number of halogens is 3. The largest absolute Gasteiger partial charge is 0.326 e. The van der Waals surface area contributed by atoms with E-state index in [0.29, 0.717) is 11.4 Å². The third-order valence-corrected chi connectivity index (χ3v) is 3.71. The molecule has 0 unspecified atom stereocenters. The first-order chi connectivity index (χ1) is 8.58. The molecule has 0 atom stereocenters. The van der Waals surface area contributed by atoms with Crippen molar-refractivity contribution in [3.05, 3.63) is 58.1 Å². The first-order valence-corrected chi connectivity index (χ1v) is 6.82. The molecule has 0 amide bonds. The summed E-state index contributed by atoms with van der Waals surface area (Å²) in [5, 5.41) is 0. The maximum absolute atomic E-state index is 13.1. The van der Waals surface area contributed by atoms with Crippen LogP contribution >= 0.6 is 27.7 Å². The maximum Gasteiger partial charge on any atom is 0.159 e. The van der Waals surface area contributed by atoms with Crippen LogP contribution in [-0.2, 0) is 6.54 Å². The van der Waals surface area contributed by atoms with Crippen molar-refractivity contribution < 1.29 is 8.78 Å². The van der Waals surface area contributed by atoms with E-state index in [1.54, 1.807) is 6.07 Å². The van der Waals surface area contributed by atoms with Crippen molar-refractivity contribution in [3.8, 4) is 0 Å². The minimum Gasteiger partial charge on any atom is -0.326 e. The molecule has 2 rings (SSSR count). The molecular formula is C13H10BrF2NS. The Bertz CT molecular complexity index is 575. The molecule has 0 fully saturated rings. The fourth-order valence-corrected chi connectivity index (χ4v) is 3.13. The second-order valence-corrected chi connectivity index (χ2v) is 5.74. The molecule has 0 saturated carbocycles. The van der Waals surface area contributed by atoms with Gasteiger partial charge in [0.05, 0.1) is 0 Å². The Labute approximate surface area is 117 Å². The van der Waals surface area contributed by atoms with Crippen LogP contribution in [0.25, 0.3) is 0 Å². The van der Waals surface area contributed by atoms with Crippen LogP contribution in [-0.4, -0.2) is 0 Å². The van der Waals surface area contributed by atoms with Gasteiger partial charge in [-0.25, -0.2) is 8.78 Å². The molecule has 2 aromatic rings. The molecule has 0 bridgehead atoms. The van der Waals surface area contributed by atoms with Crippen LogP contribution in [0.3, 0.4) is 0 Å². The van der Waals surface area contributed by atoms with Crippen molar-refractivity contribution in [2.24, 2.45) is 5.73 Å². The Hall–Kier alpha value is -0.910. The summed E-state index contributed by atoms with van der Waals surface area (Å²) in [6.45, 7) is 0.435. The number of hydrogen-bond acceptors (Lipinski definition) is 2. The molecular weight excluding hydrogens is 320 g/mol. The lowest BCUT2D eigenvalue weighted by molar-refractivity contribution is 0.506. The van der Waals surface area contributed by atoms with Crippen molar-refractivity contribution >= 4 is 27.7 Å². The van der Waals surface area contributed by atoms with Crippen LogP contribution in [0.2, 0.25) is 0 Å². The fraction of sp³-hybridized carbons (Fsp3) is 0.0769. The van der Waals surface area contributed by atoms with Crippen LogP contribution in [0.15, 0.2) is 50.7 Å². The molecule has 2 aromatic carbocycles. The highest BCUT2D eigenvalue weighted by Crippen LogP contribution is 2.31. The molecule has 0 aliphatic rings. The predicted octanol–water partition coefficient (Wildman–Crippen LogP) is 4.34. The smallest absolute Gasteiger partial charge is 0.159 e. The van der Waals surface area contributed by atoms with Crippen LogP contribution < -0.4 is 5.73 Å². The average Bonchev–Trinajstić information content (AvgIpc) is 2.33. The Morgan fingerprint density at radius 1 is 1.00 bits per heavy atom. The van der Waals surface area contributed by atoms with Gasteiger partial charge in [-0.15, -0.1) is 0 Å². The summed E-state index contributed by atoms with van der Waals surface area (Å²) in [7, 11) is 0. The van der Waals surface area contributed by atoms with E-state index in [1.807, 2.05) is 18.2 Å². The molecule has 0 aromatic heterocycles. The first-order valence-electron chi connectivity index (χ1n) is 5.21. The summed E-state index contributed by atoms with van der Waals surface area (Å²) in [4.78, 5) is 1.57. The lowest BCUT2D eigenvalue weighted by Crippen LogP contribution is -1.96. The number of benzene rings is 2. The zero-order valence-corrected chi connectivity index (χ0v) is 11.7. The van der Waals surface area contributed by atoms with Crippen molar-refractivity contribution in [1.82, 2.24) is 0 Å². The number of hydrogen-bond donors (Lipinski definition) is 1. The van der Waals surface area contributed by atoms with Gasteiger partial charge in [0, 0.05) is 20.8 Å². The van der Waals surface area contributed by atoms with Crippen LogP contribution in [0.1, 0.15) is 5.56 Å². The van der Waals surface area contributed by atoms with E-state index in [-0.39, 0.29) is 0 Å². The molecule has 0 saturated heterocycles. The summed E-state index contributed by atoms with van der Waals surface area (Å²) in [5.41, 5.74) is 6.57. The molecule has 0 spiro atoms. The summed E-state index contributed by atoms with van der Waals surface area (Å²) < 4.78 is 26.8. The summed E-state index contributed by atoms with van der Waals surface area (Å²) >= 11 is 4.75. The van der Waals surface area contributed by atoms with E-state index >= 15 is 0 Å². The number of rotatable bonds is 3. The Morgan fingerprint density at radius 2 is 1.78 bits per heavy atom. The third-order valence-electron chi connectivity index (χ3n) is 2.29. The summed E-state index contributed by atoms with van der Waals surface area (Å²) in [5.74, 6) is -1.68. The molecule has 5 heteroatoms. The van der Waals surface area contributed by atoms with E-state index in [4.69, 9.17) is 5.73 Å². The summed E-state index contributed by atoms with van der Waals surface area (Å²) in [6.07, 6.45) is 0. The molecule has 1 nitrogen and oxygen atoms in total. The number of nitrogens with two attached hydrogens (primary N) is 1. The van der Waals surface area contributed by atoms with E-state index in [9.17, 15) is 8.78 Å². The Kier molecular flexibility index (Phi) is 4.37. The van der Waals surface area contributed by atoms with Gasteiger partial charge in [-0.3, -0.25) is 0 Å². The van der Waals surface area contributed by atoms with Crippen molar-refractivity contribution in [2.45, 2.75) is 16.3 Å². The highest BCUT2D eigenvalue weighted by atomic mass is 79.9. The lowest BCUT2D eigenvalue weighted by Gasteiger charge is -2.06. The molecule has 18 heavy (non-hydrogen) atoms. The molecule has 0 aliphatic carbocycles. The second kappa shape index (κ2) is 5.82. The lowest BCUT2D eigenvalue weighted by atomic mass is 10.2. The third kappa shape index (κ3) is 3.31. The zero-order chi connectivity index (χ0) is 13.1. The molecule has 0 aliphatic heterocycles. The van der Waals surface area contributed by atoms with E-state index in [1.165, 1.54) is 17.8 Å². The van der Waals surface area contributed by atoms with E-state index in [2.05, 4.69) is 15.9 Å². The van der Waals surface area contributed by atoms with Crippen molar-refractivity contribution in [3.63, 3.8) is 0 Å². The van der Waals surface area contributed by atoms with Gasteiger partial charge in [-0.05, 0) is 42.0 Å². The quantitative estimate of drug-likeness (QED) is 0.906. The van der Waals surface area contributed by atoms with Gasteiger partial charge in [-0.2, -0.15) is 0 Å². The molecule has 2 N–H and O–H groups in total. The van der Waals surface area contributed by atoms with Crippen LogP contribution in [0.5, 0.6) is 0 Å².